The van der Waals surface area contributed by atoms with Gasteiger partial charge in [0.1, 0.15) is 0 Å². The SMILES string of the molecule is O=C(NCCCNC1CC1)NCC1(C(=O)O)CCCCC1. The van der Waals surface area contributed by atoms with E-state index in [1.807, 2.05) is 0 Å². The summed E-state index contributed by atoms with van der Waals surface area (Å²) >= 11 is 0. The molecular formula is C15H27N3O3. The second-order valence-electron chi connectivity index (χ2n) is 6.34. The number of rotatable bonds is 8. The van der Waals surface area contributed by atoms with E-state index in [9.17, 15) is 14.7 Å². The lowest BCUT2D eigenvalue weighted by molar-refractivity contribution is -0.150. The fourth-order valence-electron chi connectivity index (χ4n) is 2.89. The highest BCUT2D eigenvalue weighted by atomic mass is 16.4. The van der Waals surface area contributed by atoms with Crippen LogP contribution in [-0.4, -0.2) is 42.8 Å². The summed E-state index contributed by atoms with van der Waals surface area (Å²) in [4.78, 5) is 23.2. The molecule has 4 N–H and O–H groups in total. The number of hydrogen-bond acceptors (Lipinski definition) is 3. The molecule has 2 aliphatic rings. The third-order valence-electron chi connectivity index (χ3n) is 4.50. The topological polar surface area (TPSA) is 90.5 Å². The predicted octanol–water partition coefficient (Wildman–Crippen LogP) is 1.46. The van der Waals surface area contributed by atoms with Crippen LogP contribution >= 0.6 is 0 Å². The molecule has 2 amide bonds. The maximum Gasteiger partial charge on any atom is 0.314 e. The molecular weight excluding hydrogens is 270 g/mol. The van der Waals surface area contributed by atoms with E-state index in [0.29, 0.717) is 25.4 Å². The molecule has 0 aromatic heterocycles. The van der Waals surface area contributed by atoms with Gasteiger partial charge in [-0.2, -0.15) is 0 Å². The average molecular weight is 297 g/mol. The van der Waals surface area contributed by atoms with Gasteiger partial charge >= 0.3 is 12.0 Å². The zero-order valence-electron chi connectivity index (χ0n) is 12.6. The van der Waals surface area contributed by atoms with Gasteiger partial charge in [0.25, 0.3) is 0 Å². The zero-order chi connectivity index (χ0) is 15.1. The van der Waals surface area contributed by atoms with E-state index in [-0.39, 0.29) is 12.6 Å². The van der Waals surface area contributed by atoms with Crippen molar-refractivity contribution >= 4 is 12.0 Å². The molecule has 0 aromatic rings. The molecule has 120 valence electrons. The van der Waals surface area contributed by atoms with Crippen molar-refractivity contribution in [2.45, 2.75) is 57.4 Å². The Bertz CT molecular complexity index is 363. The standard InChI is InChI=1S/C15H27N3O3/c19-13(20)15(7-2-1-3-8-15)11-18-14(21)17-10-4-9-16-12-5-6-12/h12,16H,1-11H2,(H,19,20)(H2,17,18,21). The summed E-state index contributed by atoms with van der Waals surface area (Å²) in [5, 5.41) is 18.3. The van der Waals surface area contributed by atoms with Crippen molar-refractivity contribution in [3.63, 3.8) is 0 Å². The van der Waals surface area contributed by atoms with E-state index >= 15 is 0 Å². The number of carboxylic acid groups (broad SMARTS) is 1. The first-order valence-electron chi connectivity index (χ1n) is 8.11. The fourth-order valence-corrected chi connectivity index (χ4v) is 2.89. The minimum atomic E-state index is -0.781. The molecule has 2 aliphatic carbocycles. The van der Waals surface area contributed by atoms with Crippen molar-refractivity contribution < 1.29 is 14.7 Å². The molecule has 0 saturated heterocycles. The van der Waals surface area contributed by atoms with Crippen molar-refractivity contribution in [2.24, 2.45) is 5.41 Å². The van der Waals surface area contributed by atoms with Crippen LogP contribution in [0.1, 0.15) is 51.4 Å². The van der Waals surface area contributed by atoms with Crippen LogP contribution in [0.5, 0.6) is 0 Å². The molecule has 0 heterocycles. The first kappa shape index (κ1) is 16.1. The maximum absolute atomic E-state index is 11.7. The molecule has 0 aromatic carbocycles. The summed E-state index contributed by atoms with van der Waals surface area (Å²) in [6.07, 6.45) is 7.71. The molecule has 0 radical (unpaired) electrons. The highest BCUT2D eigenvalue weighted by Gasteiger charge is 2.39. The number of carboxylic acids is 1. The molecule has 0 unspecified atom stereocenters. The van der Waals surface area contributed by atoms with Crippen molar-refractivity contribution in [1.82, 2.24) is 16.0 Å². The summed E-state index contributed by atoms with van der Waals surface area (Å²) in [6.45, 7) is 1.77. The number of hydrogen-bond donors (Lipinski definition) is 4. The van der Waals surface area contributed by atoms with Crippen LogP contribution in [0, 0.1) is 5.41 Å². The Balaban J connectivity index is 1.60. The van der Waals surface area contributed by atoms with Crippen molar-refractivity contribution in [2.75, 3.05) is 19.6 Å². The van der Waals surface area contributed by atoms with Crippen molar-refractivity contribution in [3.05, 3.63) is 0 Å². The lowest BCUT2D eigenvalue weighted by Crippen LogP contribution is -2.47. The summed E-state index contributed by atoms with van der Waals surface area (Å²) < 4.78 is 0. The van der Waals surface area contributed by atoms with Gasteiger partial charge < -0.3 is 21.1 Å². The third kappa shape index (κ3) is 5.19. The smallest absolute Gasteiger partial charge is 0.314 e. The van der Waals surface area contributed by atoms with Gasteiger partial charge in [0.2, 0.25) is 0 Å². The second-order valence-corrected chi connectivity index (χ2v) is 6.34. The van der Waals surface area contributed by atoms with E-state index < -0.39 is 11.4 Å². The number of nitrogens with one attached hydrogen (secondary N) is 3. The van der Waals surface area contributed by atoms with Crippen LogP contribution in [0.2, 0.25) is 0 Å². The fraction of sp³-hybridized carbons (Fsp3) is 0.867. The summed E-state index contributed by atoms with van der Waals surface area (Å²) in [7, 11) is 0. The summed E-state index contributed by atoms with van der Waals surface area (Å²) in [5.74, 6) is -0.781. The molecule has 2 saturated carbocycles. The highest BCUT2D eigenvalue weighted by molar-refractivity contribution is 5.78. The maximum atomic E-state index is 11.7. The lowest BCUT2D eigenvalue weighted by Gasteiger charge is -2.33. The van der Waals surface area contributed by atoms with E-state index in [2.05, 4.69) is 16.0 Å². The predicted molar refractivity (Wildman–Crippen MR) is 80.2 cm³/mol. The van der Waals surface area contributed by atoms with Crippen LogP contribution in [0.4, 0.5) is 4.79 Å². The zero-order valence-corrected chi connectivity index (χ0v) is 12.6. The van der Waals surface area contributed by atoms with Crippen LogP contribution in [0.3, 0.4) is 0 Å². The van der Waals surface area contributed by atoms with Gasteiger partial charge in [-0.3, -0.25) is 4.79 Å². The molecule has 2 fully saturated rings. The Labute approximate surface area is 126 Å². The Kier molecular flexibility index (Phi) is 5.85. The third-order valence-corrected chi connectivity index (χ3v) is 4.50. The molecule has 21 heavy (non-hydrogen) atoms. The summed E-state index contributed by atoms with van der Waals surface area (Å²) in [5.41, 5.74) is -0.761. The van der Waals surface area contributed by atoms with Gasteiger partial charge in [0.15, 0.2) is 0 Å². The van der Waals surface area contributed by atoms with Gasteiger partial charge in [-0.05, 0) is 38.6 Å². The quantitative estimate of drug-likeness (QED) is 0.511. The van der Waals surface area contributed by atoms with Gasteiger partial charge in [-0.1, -0.05) is 19.3 Å². The average Bonchev–Trinajstić information content (AvgIpc) is 3.30. The Hall–Kier alpha value is -1.30. The first-order chi connectivity index (χ1) is 10.1. The number of carbonyl (C=O) groups excluding carboxylic acids is 1. The number of urea groups is 1. The minimum absolute atomic E-state index is 0.231. The molecule has 0 aliphatic heterocycles. The molecule has 0 spiro atoms. The second kappa shape index (κ2) is 7.64. The Morgan fingerprint density at radius 3 is 2.38 bits per heavy atom. The normalized spacial score (nSPS) is 20.8. The van der Waals surface area contributed by atoms with E-state index in [0.717, 1.165) is 32.2 Å². The molecule has 0 atom stereocenters. The Morgan fingerprint density at radius 1 is 1.05 bits per heavy atom. The van der Waals surface area contributed by atoms with Gasteiger partial charge in [0, 0.05) is 19.1 Å². The van der Waals surface area contributed by atoms with Gasteiger partial charge in [-0.25, -0.2) is 4.79 Å². The van der Waals surface area contributed by atoms with Crippen LogP contribution < -0.4 is 16.0 Å². The molecule has 2 rings (SSSR count). The van der Waals surface area contributed by atoms with Crippen LogP contribution in [0.15, 0.2) is 0 Å². The largest absolute Gasteiger partial charge is 0.481 e. The first-order valence-corrected chi connectivity index (χ1v) is 8.11. The van der Waals surface area contributed by atoms with Crippen molar-refractivity contribution in [3.8, 4) is 0 Å². The van der Waals surface area contributed by atoms with Gasteiger partial charge in [-0.15, -0.1) is 0 Å². The summed E-state index contributed by atoms with van der Waals surface area (Å²) in [6, 6.07) is 0.438. The van der Waals surface area contributed by atoms with Crippen molar-refractivity contribution in [1.29, 1.82) is 0 Å². The van der Waals surface area contributed by atoms with Gasteiger partial charge in [0.05, 0.1) is 5.41 Å². The number of aliphatic carboxylic acids is 1. The Morgan fingerprint density at radius 2 is 1.76 bits per heavy atom. The molecule has 0 bridgehead atoms. The van der Waals surface area contributed by atoms with Crippen LogP contribution in [-0.2, 0) is 4.79 Å². The highest BCUT2D eigenvalue weighted by Crippen LogP contribution is 2.35. The lowest BCUT2D eigenvalue weighted by atomic mass is 9.74. The van der Waals surface area contributed by atoms with E-state index in [1.54, 1.807) is 0 Å². The molecule has 6 heteroatoms. The van der Waals surface area contributed by atoms with Crippen LogP contribution in [0.25, 0.3) is 0 Å². The number of amides is 2. The van der Waals surface area contributed by atoms with E-state index in [4.69, 9.17) is 0 Å². The molecule has 6 nitrogen and oxygen atoms in total. The van der Waals surface area contributed by atoms with E-state index in [1.165, 1.54) is 12.8 Å². The number of carbonyl (C=O) groups is 2. The minimum Gasteiger partial charge on any atom is -0.481 e. The monoisotopic (exact) mass is 297 g/mol.